The standard InChI is InChI=1S/C22H24F3N5O2.C2H6/c1-13-11-30(12-14(2)31-13)21-8-19(18(23)10-28-21)29-20(27)7-16(9-26)15-3-5-17(6-4-15)32-22(24)25;1-2/h3-10,13-14,22,26H,11-12H2,1-2H3,(H2,27,28,29);1-2H3/b16-7+,26-9?;. The van der Waals surface area contributed by atoms with Crippen molar-refractivity contribution in [3.63, 3.8) is 0 Å². The zero-order valence-electron chi connectivity index (χ0n) is 19.6. The Bertz CT molecular complexity index is 1000. The van der Waals surface area contributed by atoms with Gasteiger partial charge in [-0.05, 0) is 37.6 Å². The van der Waals surface area contributed by atoms with Gasteiger partial charge in [-0.25, -0.2) is 14.4 Å². The lowest BCUT2D eigenvalue weighted by Crippen LogP contribution is -2.45. The first-order valence-corrected chi connectivity index (χ1v) is 10.9. The molecule has 0 spiro atoms. The van der Waals surface area contributed by atoms with Crippen LogP contribution in [0.25, 0.3) is 5.57 Å². The first-order valence-electron chi connectivity index (χ1n) is 10.9. The van der Waals surface area contributed by atoms with Crippen LogP contribution in [0, 0.1) is 11.2 Å². The van der Waals surface area contributed by atoms with Crippen LogP contribution in [0.3, 0.4) is 0 Å². The van der Waals surface area contributed by atoms with Crippen molar-refractivity contribution < 1.29 is 22.6 Å². The number of hydrogen-bond donors (Lipinski definition) is 2. The van der Waals surface area contributed by atoms with E-state index in [2.05, 4.69) is 14.7 Å². The number of nitrogens with one attached hydrogen (secondary N) is 1. The van der Waals surface area contributed by atoms with Gasteiger partial charge in [0, 0.05) is 30.9 Å². The number of nitrogens with zero attached hydrogens (tertiary/aromatic N) is 3. The van der Waals surface area contributed by atoms with E-state index in [0.717, 1.165) is 12.4 Å². The summed E-state index contributed by atoms with van der Waals surface area (Å²) in [5.74, 6) is -0.112. The van der Waals surface area contributed by atoms with Crippen LogP contribution in [0.5, 0.6) is 5.75 Å². The molecule has 0 radical (unpaired) electrons. The van der Waals surface area contributed by atoms with Gasteiger partial charge < -0.3 is 25.5 Å². The Morgan fingerprint density at radius 3 is 2.41 bits per heavy atom. The van der Waals surface area contributed by atoms with Crippen molar-refractivity contribution in [2.24, 2.45) is 10.7 Å². The number of ether oxygens (including phenoxy) is 2. The van der Waals surface area contributed by atoms with E-state index < -0.39 is 12.4 Å². The maximum Gasteiger partial charge on any atom is 0.387 e. The smallest absolute Gasteiger partial charge is 0.387 e. The van der Waals surface area contributed by atoms with E-state index in [1.165, 1.54) is 36.4 Å². The van der Waals surface area contributed by atoms with Crippen LogP contribution in [0.2, 0.25) is 0 Å². The number of allylic oxidation sites excluding steroid dienone is 1. The Morgan fingerprint density at radius 1 is 1.24 bits per heavy atom. The third kappa shape index (κ3) is 7.58. The molecular formula is C24H30F3N5O2. The third-order valence-corrected chi connectivity index (χ3v) is 4.69. The number of amidine groups is 1. The Balaban J connectivity index is 0.00000199. The molecule has 2 aromatic rings. The molecule has 2 atom stereocenters. The molecule has 1 aromatic carbocycles. The third-order valence-electron chi connectivity index (χ3n) is 4.69. The van der Waals surface area contributed by atoms with Crippen LogP contribution in [0.15, 0.2) is 47.6 Å². The van der Waals surface area contributed by atoms with Gasteiger partial charge in [-0.3, -0.25) is 0 Å². The molecule has 10 heteroatoms. The zero-order chi connectivity index (χ0) is 25.3. The minimum atomic E-state index is -2.93. The zero-order valence-corrected chi connectivity index (χ0v) is 19.6. The highest BCUT2D eigenvalue weighted by molar-refractivity contribution is 6.16. The molecule has 2 unspecified atom stereocenters. The largest absolute Gasteiger partial charge is 0.435 e. The number of pyridine rings is 1. The highest BCUT2D eigenvalue weighted by atomic mass is 19.3. The molecule has 184 valence electrons. The van der Waals surface area contributed by atoms with Crippen molar-refractivity contribution in [3.8, 4) is 5.75 Å². The molecule has 3 rings (SSSR count). The molecule has 1 aliphatic rings. The van der Waals surface area contributed by atoms with Crippen molar-refractivity contribution in [1.82, 2.24) is 4.98 Å². The number of halogens is 3. The Kier molecular flexibility index (Phi) is 10.1. The molecule has 1 aromatic heterocycles. The van der Waals surface area contributed by atoms with Gasteiger partial charge in [0.2, 0.25) is 0 Å². The maximum absolute atomic E-state index is 14.3. The van der Waals surface area contributed by atoms with Gasteiger partial charge in [0.15, 0.2) is 5.82 Å². The normalized spacial score (nSPS) is 18.9. The predicted octanol–water partition coefficient (Wildman–Crippen LogP) is 5.18. The van der Waals surface area contributed by atoms with E-state index in [-0.39, 0.29) is 29.5 Å². The molecule has 1 fully saturated rings. The summed E-state index contributed by atoms with van der Waals surface area (Å²) in [5, 5.41) is 7.63. The molecule has 3 N–H and O–H groups in total. The van der Waals surface area contributed by atoms with E-state index in [1.54, 1.807) is 0 Å². The minimum Gasteiger partial charge on any atom is -0.435 e. The first-order chi connectivity index (χ1) is 16.2. The average Bonchev–Trinajstić information content (AvgIpc) is 2.80. The number of aliphatic imine (C=N–C) groups is 1. The number of rotatable bonds is 7. The molecule has 0 amide bonds. The van der Waals surface area contributed by atoms with Crippen molar-refractivity contribution in [3.05, 3.63) is 54.0 Å². The van der Waals surface area contributed by atoms with E-state index in [0.29, 0.717) is 30.0 Å². The van der Waals surface area contributed by atoms with Gasteiger partial charge >= 0.3 is 6.61 Å². The van der Waals surface area contributed by atoms with E-state index in [4.69, 9.17) is 15.9 Å². The van der Waals surface area contributed by atoms with Gasteiger partial charge in [-0.2, -0.15) is 8.78 Å². The second-order valence-electron chi connectivity index (χ2n) is 7.34. The summed E-state index contributed by atoms with van der Waals surface area (Å²) >= 11 is 0. The van der Waals surface area contributed by atoms with Crippen LogP contribution in [-0.4, -0.2) is 48.9 Å². The topological polar surface area (TPSA) is 96.8 Å². The molecule has 0 bridgehead atoms. The molecule has 34 heavy (non-hydrogen) atoms. The van der Waals surface area contributed by atoms with Crippen LogP contribution in [0.4, 0.5) is 24.7 Å². The molecule has 7 nitrogen and oxygen atoms in total. The molecule has 1 aliphatic heterocycles. The van der Waals surface area contributed by atoms with E-state index >= 15 is 0 Å². The van der Waals surface area contributed by atoms with Gasteiger partial charge in [0.05, 0.1) is 18.4 Å². The van der Waals surface area contributed by atoms with Crippen LogP contribution >= 0.6 is 0 Å². The monoisotopic (exact) mass is 477 g/mol. The number of hydrogen-bond acceptors (Lipinski definition) is 6. The first kappa shape index (κ1) is 26.8. The van der Waals surface area contributed by atoms with Crippen molar-refractivity contribution in [2.75, 3.05) is 18.0 Å². The Hall–Kier alpha value is -3.40. The fraction of sp³-hybridized carbons (Fsp3) is 0.375. The SMILES string of the molecule is CC.CC1CN(c2cc(N=C(N)/C=C(\C=N)c3ccc(OC(F)F)cc3)c(F)cn2)CC(C)O1. The predicted molar refractivity (Wildman–Crippen MR) is 129 cm³/mol. The second-order valence-corrected chi connectivity index (χ2v) is 7.34. The summed E-state index contributed by atoms with van der Waals surface area (Å²) in [6.45, 7) is 6.22. The number of benzene rings is 1. The van der Waals surface area contributed by atoms with Gasteiger partial charge in [-0.1, -0.05) is 26.0 Å². The maximum atomic E-state index is 14.3. The molecule has 1 saturated heterocycles. The van der Waals surface area contributed by atoms with Crippen LogP contribution < -0.4 is 15.4 Å². The second kappa shape index (κ2) is 12.7. The number of aromatic nitrogens is 1. The summed E-state index contributed by atoms with van der Waals surface area (Å²) in [5.41, 5.74) is 6.89. The highest BCUT2D eigenvalue weighted by Gasteiger charge is 2.23. The lowest BCUT2D eigenvalue weighted by Gasteiger charge is -2.36. The number of nitrogens with two attached hydrogens (primary N) is 1. The quantitative estimate of drug-likeness (QED) is 0.423. The van der Waals surface area contributed by atoms with Crippen LogP contribution in [0.1, 0.15) is 33.3 Å². The lowest BCUT2D eigenvalue weighted by molar-refractivity contribution is -0.0498. The summed E-state index contributed by atoms with van der Waals surface area (Å²) in [7, 11) is 0. The average molecular weight is 478 g/mol. The van der Waals surface area contributed by atoms with Gasteiger partial charge in [0.1, 0.15) is 23.1 Å². The fourth-order valence-corrected chi connectivity index (χ4v) is 3.41. The van der Waals surface area contributed by atoms with Crippen molar-refractivity contribution in [1.29, 1.82) is 5.41 Å². The number of alkyl halides is 2. The van der Waals surface area contributed by atoms with Crippen LogP contribution in [-0.2, 0) is 4.74 Å². The number of anilines is 1. The van der Waals surface area contributed by atoms with E-state index in [9.17, 15) is 13.2 Å². The fourth-order valence-electron chi connectivity index (χ4n) is 3.41. The summed E-state index contributed by atoms with van der Waals surface area (Å²) in [4.78, 5) is 10.3. The van der Waals surface area contributed by atoms with Gasteiger partial charge in [-0.15, -0.1) is 0 Å². The molecule has 0 saturated carbocycles. The Morgan fingerprint density at radius 2 is 1.85 bits per heavy atom. The molecule has 0 aliphatic carbocycles. The van der Waals surface area contributed by atoms with Crippen molar-refractivity contribution >= 4 is 29.1 Å². The van der Waals surface area contributed by atoms with E-state index in [1.807, 2.05) is 32.6 Å². The molecular weight excluding hydrogens is 447 g/mol. The summed E-state index contributed by atoms with van der Waals surface area (Å²) in [6.07, 6.45) is 3.55. The Labute approximate surface area is 197 Å². The van der Waals surface area contributed by atoms with Crippen molar-refractivity contribution in [2.45, 2.75) is 46.5 Å². The van der Waals surface area contributed by atoms with Gasteiger partial charge in [0.25, 0.3) is 0 Å². The highest BCUT2D eigenvalue weighted by Crippen LogP contribution is 2.26. The summed E-state index contributed by atoms with van der Waals surface area (Å²) < 4.78 is 49.0. The lowest BCUT2D eigenvalue weighted by atomic mass is 10.1. The minimum absolute atomic E-state index is 0.00662. The summed E-state index contributed by atoms with van der Waals surface area (Å²) in [6, 6.07) is 7.24. The number of morpholine rings is 1. The molecule has 2 heterocycles.